The van der Waals surface area contributed by atoms with Gasteiger partial charge in [0, 0.05) is 13.5 Å². The molecule has 1 aliphatic rings. The Hall–Kier alpha value is -1.05. The molecule has 2 heteroatoms. The van der Waals surface area contributed by atoms with Crippen LogP contribution in [0.4, 0.5) is 0 Å². The van der Waals surface area contributed by atoms with E-state index in [0.717, 1.165) is 12.0 Å². The number of carbonyl (C=O) groups excluding carboxylic acids is 1. The molecular weight excluding hydrogens is 138 g/mol. The van der Waals surface area contributed by atoms with E-state index in [2.05, 4.69) is 13.2 Å². The van der Waals surface area contributed by atoms with Crippen molar-refractivity contribution in [1.29, 1.82) is 0 Å². The number of hydrogen-bond donors (Lipinski definition) is 0. The fraction of sp³-hybridized carbons (Fsp3) is 0.444. The van der Waals surface area contributed by atoms with Crippen LogP contribution in [0.3, 0.4) is 0 Å². The van der Waals surface area contributed by atoms with E-state index in [-0.39, 0.29) is 11.9 Å². The average molecular weight is 151 g/mol. The maximum Gasteiger partial charge on any atom is 0.222 e. The summed E-state index contributed by atoms with van der Waals surface area (Å²) in [6.07, 6.45) is 3.26. The number of amides is 1. The molecule has 0 N–H and O–H groups in total. The van der Waals surface area contributed by atoms with Crippen LogP contribution in [0, 0.1) is 0 Å². The molecule has 1 unspecified atom stereocenters. The van der Waals surface area contributed by atoms with Crippen molar-refractivity contribution >= 4 is 5.91 Å². The zero-order chi connectivity index (χ0) is 8.43. The van der Waals surface area contributed by atoms with Crippen LogP contribution in [0.25, 0.3) is 0 Å². The number of hydrogen-bond acceptors (Lipinski definition) is 1. The molecule has 0 aromatic rings. The maximum atomic E-state index is 11.1. The largest absolute Gasteiger partial charge is 0.339 e. The van der Waals surface area contributed by atoms with Crippen molar-refractivity contribution in [2.75, 3.05) is 7.05 Å². The van der Waals surface area contributed by atoms with Crippen LogP contribution in [0.5, 0.6) is 0 Å². The highest BCUT2D eigenvalue weighted by Crippen LogP contribution is 2.22. The SMILES string of the molecule is C=CC(=C)C1CCC(=O)N1C. The van der Waals surface area contributed by atoms with Gasteiger partial charge in [0.15, 0.2) is 0 Å². The number of rotatable bonds is 2. The van der Waals surface area contributed by atoms with E-state index in [0.29, 0.717) is 6.42 Å². The molecule has 1 amide bonds. The summed E-state index contributed by atoms with van der Waals surface area (Å²) in [5.41, 5.74) is 0.943. The molecule has 1 atom stereocenters. The second-order valence-electron chi connectivity index (χ2n) is 2.84. The van der Waals surface area contributed by atoms with E-state index < -0.39 is 0 Å². The highest BCUT2D eigenvalue weighted by Gasteiger charge is 2.28. The minimum Gasteiger partial charge on any atom is -0.339 e. The van der Waals surface area contributed by atoms with Gasteiger partial charge in [0.25, 0.3) is 0 Å². The molecule has 0 radical (unpaired) electrons. The predicted molar refractivity (Wildman–Crippen MR) is 45.1 cm³/mol. The van der Waals surface area contributed by atoms with Gasteiger partial charge in [-0.3, -0.25) is 4.79 Å². The Balaban J connectivity index is 2.68. The summed E-state index contributed by atoms with van der Waals surface area (Å²) >= 11 is 0. The maximum absolute atomic E-state index is 11.1. The highest BCUT2D eigenvalue weighted by atomic mass is 16.2. The molecule has 60 valence electrons. The molecule has 0 spiro atoms. The summed E-state index contributed by atoms with van der Waals surface area (Å²) in [5, 5.41) is 0. The summed E-state index contributed by atoms with van der Waals surface area (Å²) in [6, 6.07) is 0.194. The second-order valence-corrected chi connectivity index (χ2v) is 2.84. The molecule has 11 heavy (non-hydrogen) atoms. The molecule has 0 aromatic heterocycles. The van der Waals surface area contributed by atoms with E-state index in [4.69, 9.17) is 0 Å². The monoisotopic (exact) mass is 151 g/mol. The van der Waals surface area contributed by atoms with E-state index in [1.807, 2.05) is 7.05 Å². The second kappa shape index (κ2) is 2.91. The quantitative estimate of drug-likeness (QED) is 0.545. The van der Waals surface area contributed by atoms with Gasteiger partial charge in [-0.1, -0.05) is 19.2 Å². The number of nitrogens with zero attached hydrogens (tertiary/aromatic N) is 1. The van der Waals surface area contributed by atoms with Gasteiger partial charge >= 0.3 is 0 Å². The normalized spacial score (nSPS) is 23.9. The molecular formula is C9H13NO. The first-order valence-electron chi connectivity index (χ1n) is 3.73. The molecule has 0 aliphatic carbocycles. The lowest BCUT2D eigenvalue weighted by Gasteiger charge is -2.19. The van der Waals surface area contributed by atoms with Gasteiger partial charge in [-0.2, -0.15) is 0 Å². The molecule has 1 heterocycles. The summed E-state index contributed by atoms with van der Waals surface area (Å²) in [7, 11) is 1.81. The van der Waals surface area contributed by atoms with Gasteiger partial charge in [-0.25, -0.2) is 0 Å². The summed E-state index contributed by atoms with van der Waals surface area (Å²) in [5.74, 6) is 0.206. The van der Waals surface area contributed by atoms with E-state index in [1.165, 1.54) is 0 Å². The van der Waals surface area contributed by atoms with Crippen molar-refractivity contribution in [3.05, 3.63) is 24.8 Å². The third-order valence-corrected chi connectivity index (χ3v) is 2.18. The molecule has 1 fully saturated rings. The standard InChI is InChI=1S/C9H13NO/c1-4-7(2)8-5-6-9(11)10(8)3/h4,8H,1-2,5-6H2,3H3. The van der Waals surface area contributed by atoms with Crippen LogP contribution in [0.15, 0.2) is 24.8 Å². The Morgan fingerprint density at radius 2 is 2.45 bits per heavy atom. The summed E-state index contributed by atoms with van der Waals surface area (Å²) in [6.45, 7) is 7.46. The topological polar surface area (TPSA) is 20.3 Å². The van der Waals surface area contributed by atoms with Gasteiger partial charge in [-0.05, 0) is 12.0 Å². The molecule has 1 rings (SSSR count). The molecule has 1 saturated heterocycles. The molecule has 1 aliphatic heterocycles. The van der Waals surface area contributed by atoms with Crippen LogP contribution in [-0.4, -0.2) is 23.9 Å². The fourth-order valence-corrected chi connectivity index (χ4v) is 1.37. The zero-order valence-electron chi connectivity index (χ0n) is 6.84. The van der Waals surface area contributed by atoms with Crippen molar-refractivity contribution < 1.29 is 4.79 Å². The first kappa shape index (κ1) is 8.05. The summed E-state index contributed by atoms with van der Waals surface area (Å²) in [4.78, 5) is 12.8. The number of carbonyl (C=O) groups is 1. The lowest BCUT2D eigenvalue weighted by molar-refractivity contribution is -0.127. The minimum atomic E-state index is 0.194. The van der Waals surface area contributed by atoms with E-state index >= 15 is 0 Å². The van der Waals surface area contributed by atoms with Crippen LogP contribution in [-0.2, 0) is 4.79 Å². The van der Waals surface area contributed by atoms with Gasteiger partial charge in [0.05, 0.1) is 6.04 Å². The van der Waals surface area contributed by atoms with Crippen molar-refractivity contribution in [3.8, 4) is 0 Å². The Morgan fingerprint density at radius 3 is 2.82 bits per heavy atom. The van der Waals surface area contributed by atoms with Gasteiger partial charge < -0.3 is 4.90 Å². The van der Waals surface area contributed by atoms with E-state index in [9.17, 15) is 4.79 Å². The first-order chi connectivity index (χ1) is 5.16. The van der Waals surface area contributed by atoms with Crippen LogP contribution < -0.4 is 0 Å². The molecule has 2 nitrogen and oxygen atoms in total. The van der Waals surface area contributed by atoms with Gasteiger partial charge in [0.2, 0.25) is 5.91 Å². The third-order valence-electron chi connectivity index (χ3n) is 2.18. The van der Waals surface area contributed by atoms with Crippen LogP contribution >= 0.6 is 0 Å². The van der Waals surface area contributed by atoms with Crippen LogP contribution in [0.1, 0.15) is 12.8 Å². The van der Waals surface area contributed by atoms with E-state index in [1.54, 1.807) is 11.0 Å². The zero-order valence-corrected chi connectivity index (χ0v) is 6.84. The van der Waals surface area contributed by atoms with Crippen molar-refractivity contribution in [2.45, 2.75) is 18.9 Å². The lowest BCUT2D eigenvalue weighted by atomic mass is 10.1. The van der Waals surface area contributed by atoms with Crippen LogP contribution in [0.2, 0.25) is 0 Å². The third kappa shape index (κ3) is 1.34. The predicted octanol–water partition coefficient (Wildman–Crippen LogP) is 1.35. The number of likely N-dealkylation sites (tertiary alicyclic amines) is 1. The van der Waals surface area contributed by atoms with Gasteiger partial charge in [-0.15, -0.1) is 0 Å². The first-order valence-corrected chi connectivity index (χ1v) is 3.73. The Labute approximate surface area is 67.2 Å². The highest BCUT2D eigenvalue weighted by molar-refractivity contribution is 5.79. The Morgan fingerprint density at radius 1 is 1.82 bits per heavy atom. The van der Waals surface area contributed by atoms with Crippen molar-refractivity contribution in [1.82, 2.24) is 4.90 Å². The Bertz CT molecular complexity index is 208. The fourth-order valence-electron chi connectivity index (χ4n) is 1.37. The average Bonchev–Trinajstić information content (AvgIpc) is 2.32. The summed E-state index contributed by atoms with van der Waals surface area (Å²) < 4.78 is 0. The minimum absolute atomic E-state index is 0.194. The Kier molecular flexibility index (Phi) is 2.13. The van der Waals surface area contributed by atoms with Crippen molar-refractivity contribution in [2.24, 2.45) is 0 Å². The van der Waals surface area contributed by atoms with Crippen molar-refractivity contribution in [3.63, 3.8) is 0 Å². The lowest BCUT2D eigenvalue weighted by Crippen LogP contribution is -2.29. The molecule has 0 saturated carbocycles. The van der Waals surface area contributed by atoms with Gasteiger partial charge in [0.1, 0.15) is 0 Å². The smallest absolute Gasteiger partial charge is 0.222 e. The molecule has 0 aromatic carbocycles. The number of likely N-dealkylation sites (N-methyl/N-ethyl adjacent to an activating group) is 1. The molecule has 0 bridgehead atoms.